The fourth-order valence-electron chi connectivity index (χ4n) is 7.38. The van der Waals surface area contributed by atoms with Gasteiger partial charge in [-0.15, -0.1) is 6.58 Å². The minimum absolute atomic E-state index is 0. The van der Waals surface area contributed by atoms with Gasteiger partial charge >= 0.3 is 65.1 Å². The van der Waals surface area contributed by atoms with Crippen molar-refractivity contribution >= 4 is 42.4 Å². The molecule has 14 nitrogen and oxygen atoms in total. The number of rotatable bonds is 12. The quantitative estimate of drug-likeness (QED) is 0.0671. The van der Waals surface area contributed by atoms with E-state index in [0.29, 0.717) is 11.1 Å². The fourth-order valence-corrected chi connectivity index (χ4v) is 7.76. The minimum atomic E-state index is -5.29. The standard InChI is InChI=1S/C38H41N6O8P.2Na/c1-3-18-42-24-34(45)43-32(19-25-12-16-29(17-13-25)52-53(49,50)51)37(47)41(23-33(43)44(42)38(48)39-20-26-8-5-4-6-9-26)21-28-10-7-11-30-31(22-40(2)35(28)30)36(46)27-14-15-27;;/h3-13,16-17,22,27,32-33H,1,14-15,18-21,23-24H2,2H3,(H,39,48)(H2,49,50,51);;/q;2*+1/p-2/t32-,33-;;/m0../s1. The molecule has 7 rings (SSSR count). The van der Waals surface area contributed by atoms with E-state index < -0.39 is 26.1 Å². The zero-order chi connectivity index (χ0) is 37.4. The molecule has 276 valence electrons. The number of aromatic nitrogens is 1. The third kappa shape index (κ3) is 9.48. The summed E-state index contributed by atoms with van der Waals surface area (Å²) in [6, 6.07) is 19.3. The predicted octanol–water partition coefficient (Wildman–Crippen LogP) is -3.28. The molecule has 0 unspecified atom stereocenters. The normalized spacial score (nSPS) is 18.6. The molecule has 2 atom stereocenters. The van der Waals surface area contributed by atoms with Crippen LogP contribution in [0.25, 0.3) is 10.9 Å². The maximum atomic E-state index is 14.6. The molecule has 0 radical (unpaired) electrons. The average molecular weight is 785 g/mol. The van der Waals surface area contributed by atoms with Crippen LogP contribution in [0.1, 0.15) is 39.9 Å². The minimum Gasteiger partial charge on any atom is -0.780 e. The Balaban J connectivity index is 0.00000290. The van der Waals surface area contributed by atoms with E-state index in [4.69, 9.17) is 0 Å². The van der Waals surface area contributed by atoms with Crippen LogP contribution in [-0.4, -0.2) is 79.9 Å². The van der Waals surface area contributed by atoms with Gasteiger partial charge in [0.2, 0.25) is 11.8 Å². The molecule has 1 aliphatic carbocycles. The molecule has 3 heterocycles. The van der Waals surface area contributed by atoms with Crippen LogP contribution < -0.4 is 78.7 Å². The van der Waals surface area contributed by atoms with Gasteiger partial charge in [0.1, 0.15) is 25.8 Å². The number of fused-ring (bicyclic) bond motifs is 2. The Morgan fingerprint density at radius 3 is 2.35 bits per heavy atom. The number of ketones is 1. The molecule has 3 fully saturated rings. The number of para-hydroxylation sites is 1. The molecule has 55 heavy (non-hydrogen) atoms. The maximum absolute atomic E-state index is 14.6. The third-order valence-electron chi connectivity index (χ3n) is 9.89. The number of nitrogens with zero attached hydrogens (tertiary/aromatic N) is 5. The van der Waals surface area contributed by atoms with Crippen molar-refractivity contribution in [2.75, 3.05) is 19.6 Å². The van der Waals surface area contributed by atoms with E-state index >= 15 is 0 Å². The van der Waals surface area contributed by atoms with E-state index in [1.54, 1.807) is 16.0 Å². The number of aryl methyl sites for hydroxylation is 1. The first-order valence-corrected chi connectivity index (χ1v) is 18.9. The van der Waals surface area contributed by atoms with Crippen LogP contribution in [0, 0.1) is 5.92 Å². The van der Waals surface area contributed by atoms with E-state index in [1.165, 1.54) is 34.2 Å². The Kier molecular flexibility index (Phi) is 13.9. The summed E-state index contributed by atoms with van der Waals surface area (Å²) in [4.78, 5) is 81.3. The summed E-state index contributed by atoms with van der Waals surface area (Å²) in [5.41, 5.74) is 3.72. The number of piperazine rings is 1. The number of Topliss-reactive ketones (excluding diaryl/α,β-unsaturated/α-hetero) is 1. The van der Waals surface area contributed by atoms with Gasteiger partial charge in [-0.3, -0.25) is 14.4 Å². The van der Waals surface area contributed by atoms with Crippen molar-refractivity contribution in [1.29, 1.82) is 0 Å². The number of hydrogen-bond acceptors (Lipinski definition) is 9. The molecule has 4 amide bonds. The number of benzene rings is 3. The van der Waals surface area contributed by atoms with Gasteiger partial charge in [-0.05, 0) is 41.7 Å². The van der Waals surface area contributed by atoms with E-state index in [2.05, 4.69) is 16.4 Å². The summed E-state index contributed by atoms with van der Waals surface area (Å²) in [6.07, 6.45) is 4.33. The summed E-state index contributed by atoms with van der Waals surface area (Å²) in [5.74, 6) is -0.731. The Labute approximate surface area is 363 Å². The first-order chi connectivity index (χ1) is 25.4. The Bertz CT molecular complexity index is 2120. The van der Waals surface area contributed by atoms with Crippen molar-refractivity contribution in [3.05, 3.63) is 114 Å². The van der Waals surface area contributed by atoms with Crippen LogP contribution >= 0.6 is 7.82 Å². The van der Waals surface area contributed by atoms with E-state index in [9.17, 15) is 33.5 Å². The number of carbonyl (C=O) groups excluding carboxylic acids is 4. The Morgan fingerprint density at radius 1 is 0.982 bits per heavy atom. The summed E-state index contributed by atoms with van der Waals surface area (Å²) >= 11 is 0. The van der Waals surface area contributed by atoms with Gasteiger partial charge in [-0.1, -0.05) is 66.7 Å². The number of amides is 4. The van der Waals surface area contributed by atoms with Gasteiger partial charge in [-0.25, -0.2) is 14.8 Å². The molecule has 1 N–H and O–H groups in total. The zero-order valence-electron chi connectivity index (χ0n) is 31.1. The number of hydrazine groups is 1. The van der Waals surface area contributed by atoms with Crippen molar-refractivity contribution in [2.24, 2.45) is 13.0 Å². The Hall–Kier alpha value is -3.27. The van der Waals surface area contributed by atoms with Gasteiger partial charge in [0.15, 0.2) is 5.78 Å². The smallest absolute Gasteiger partial charge is 0.780 e. The van der Waals surface area contributed by atoms with Crippen molar-refractivity contribution in [3.8, 4) is 5.75 Å². The van der Waals surface area contributed by atoms with Crippen molar-refractivity contribution in [1.82, 2.24) is 29.7 Å². The van der Waals surface area contributed by atoms with Crippen molar-refractivity contribution in [3.63, 3.8) is 0 Å². The molecule has 0 bridgehead atoms. The molecule has 3 aliphatic rings. The molecule has 2 aliphatic heterocycles. The fraction of sp³-hybridized carbons (Fsp3) is 0.316. The van der Waals surface area contributed by atoms with Crippen molar-refractivity contribution < 1.29 is 97.2 Å². The molecular weight excluding hydrogens is 745 g/mol. The van der Waals surface area contributed by atoms with Crippen LogP contribution in [0.4, 0.5) is 4.79 Å². The summed E-state index contributed by atoms with van der Waals surface area (Å²) < 4.78 is 17.6. The van der Waals surface area contributed by atoms with Gasteiger partial charge in [0, 0.05) is 56.2 Å². The third-order valence-corrected chi connectivity index (χ3v) is 10.3. The number of nitrogens with one attached hydrogen (secondary N) is 1. The first kappa shape index (κ1) is 42.9. The van der Waals surface area contributed by atoms with Gasteiger partial charge in [0.05, 0.1) is 18.6 Å². The second-order valence-electron chi connectivity index (χ2n) is 13.6. The number of urea groups is 1. The summed E-state index contributed by atoms with van der Waals surface area (Å²) in [5, 5.41) is 6.89. The number of phosphoric ester groups is 1. The average Bonchev–Trinajstić information content (AvgIpc) is 3.92. The van der Waals surface area contributed by atoms with Gasteiger partial charge in [0.25, 0.3) is 0 Å². The molecule has 1 saturated carbocycles. The van der Waals surface area contributed by atoms with Crippen LogP contribution in [0.3, 0.4) is 0 Å². The first-order valence-electron chi connectivity index (χ1n) is 17.4. The Morgan fingerprint density at radius 2 is 1.69 bits per heavy atom. The second kappa shape index (κ2) is 17.9. The van der Waals surface area contributed by atoms with Crippen LogP contribution in [0.15, 0.2) is 91.6 Å². The molecule has 4 aromatic rings. The monoisotopic (exact) mass is 784 g/mol. The molecule has 2 saturated heterocycles. The van der Waals surface area contributed by atoms with E-state index in [1.807, 2.05) is 66.3 Å². The van der Waals surface area contributed by atoms with Gasteiger partial charge in [-0.2, -0.15) is 0 Å². The molecular formula is C38H39N6Na2O8P. The predicted molar refractivity (Wildman–Crippen MR) is 190 cm³/mol. The van der Waals surface area contributed by atoms with E-state index in [-0.39, 0.29) is 128 Å². The number of phosphoric acid groups is 1. The van der Waals surface area contributed by atoms with Crippen LogP contribution in [0.5, 0.6) is 5.75 Å². The summed E-state index contributed by atoms with van der Waals surface area (Å²) in [7, 11) is -3.42. The second-order valence-corrected chi connectivity index (χ2v) is 14.7. The molecule has 1 aromatic heterocycles. The SMILES string of the molecule is C=CCN1CC(=O)N2[C@@H](Cc3ccc(OP(=O)([O-])[O-])cc3)C(=O)N(Cc3cccc4c(C(=O)C5CC5)cn(C)c34)C[C@@H]2N1C(=O)NCc1ccccc1.[Na+].[Na+]. The molecule has 3 aromatic carbocycles. The topological polar surface area (TPSA) is 171 Å². The van der Waals surface area contributed by atoms with E-state index in [0.717, 1.165) is 34.9 Å². The summed E-state index contributed by atoms with van der Waals surface area (Å²) in [6.45, 7) is 4.22. The largest absolute Gasteiger partial charge is 1.00 e. The van der Waals surface area contributed by atoms with Crippen LogP contribution in [-0.2, 0) is 40.7 Å². The molecule has 17 heteroatoms. The number of hydrogen-bond donors (Lipinski definition) is 1. The van der Waals surface area contributed by atoms with Gasteiger partial charge < -0.3 is 38.6 Å². The van der Waals surface area contributed by atoms with Crippen LogP contribution in [0.2, 0.25) is 0 Å². The molecule has 0 spiro atoms. The maximum Gasteiger partial charge on any atom is 1.00 e. The van der Waals surface area contributed by atoms with Crippen molar-refractivity contribution in [2.45, 2.75) is 44.6 Å². The zero-order valence-corrected chi connectivity index (χ0v) is 36.0. The number of carbonyl (C=O) groups is 4.